The third-order valence-corrected chi connectivity index (χ3v) is 6.36. The topological polar surface area (TPSA) is 66.5 Å². The summed E-state index contributed by atoms with van der Waals surface area (Å²) < 4.78 is 0. The smallest absolute Gasteiger partial charge is 0.244 e. The van der Waals surface area contributed by atoms with Crippen molar-refractivity contribution in [3.05, 3.63) is 42.0 Å². The third-order valence-electron chi connectivity index (χ3n) is 6.36. The lowest BCUT2D eigenvalue weighted by Crippen LogP contribution is -2.40. The number of benzene rings is 1. The minimum atomic E-state index is -0.323. The molecule has 1 saturated heterocycles. The average molecular weight is 336 g/mol. The highest BCUT2D eigenvalue weighted by Gasteiger charge is 2.67. The second kappa shape index (κ2) is 5.04. The zero-order valence-electron chi connectivity index (χ0n) is 14.0. The van der Waals surface area contributed by atoms with E-state index in [2.05, 4.69) is 17.5 Å². The molecule has 1 aliphatic heterocycles. The quantitative estimate of drug-likeness (QED) is 0.678. The van der Waals surface area contributed by atoms with E-state index in [9.17, 15) is 14.4 Å². The summed E-state index contributed by atoms with van der Waals surface area (Å²) in [5, 5.41) is 2.79. The largest absolute Gasteiger partial charge is 0.325 e. The van der Waals surface area contributed by atoms with Crippen LogP contribution in [0, 0.1) is 42.4 Å². The Morgan fingerprint density at radius 1 is 1.12 bits per heavy atom. The molecule has 5 nitrogen and oxygen atoms in total. The van der Waals surface area contributed by atoms with Gasteiger partial charge < -0.3 is 5.32 Å². The van der Waals surface area contributed by atoms with E-state index in [-0.39, 0.29) is 47.9 Å². The summed E-state index contributed by atoms with van der Waals surface area (Å²) in [6.45, 7) is 1.76. The average Bonchev–Trinajstić information content (AvgIpc) is 3.36. The van der Waals surface area contributed by atoms with Crippen molar-refractivity contribution in [2.24, 2.45) is 35.5 Å². The Bertz CT molecular complexity index is 794. The SMILES string of the molecule is Cc1cccc(NC(=O)CN2C(=O)[C@H]3[C@@H]4C=C[C@@H]([C@H]5C[C@H]45)[C@@H]3C2=O)c1. The van der Waals surface area contributed by atoms with Crippen LogP contribution in [0.25, 0.3) is 0 Å². The molecule has 2 saturated carbocycles. The fourth-order valence-electron chi connectivity index (χ4n) is 5.24. The van der Waals surface area contributed by atoms with Gasteiger partial charge in [-0.1, -0.05) is 24.3 Å². The second-order valence-electron chi connectivity index (χ2n) is 7.83. The fraction of sp³-hybridized carbons (Fsp3) is 0.450. The van der Waals surface area contributed by atoms with Crippen molar-refractivity contribution in [3.63, 3.8) is 0 Å². The van der Waals surface area contributed by atoms with Crippen LogP contribution < -0.4 is 5.32 Å². The number of carbonyl (C=O) groups excluding carboxylic acids is 3. The van der Waals surface area contributed by atoms with E-state index in [1.807, 2.05) is 25.1 Å². The summed E-state index contributed by atoms with van der Waals surface area (Å²) in [5.74, 6) is 0.441. The number of likely N-dealkylation sites (tertiary alicyclic amines) is 1. The van der Waals surface area contributed by atoms with Gasteiger partial charge in [0.15, 0.2) is 0 Å². The van der Waals surface area contributed by atoms with Crippen molar-refractivity contribution < 1.29 is 14.4 Å². The summed E-state index contributed by atoms with van der Waals surface area (Å²) >= 11 is 0. The van der Waals surface area contributed by atoms with Crippen molar-refractivity contribution in [2.45, 2.75) is 13.3 Å². The van der Waals surface area contributed by atoms with Crippen molar-refractivity contribution in [1.82, 2.24) is 4.90 Å². The van der Waals surface area contributed by atoms with Gasteiger partial charge in [0.25, 0.3) is 0 Å². The Morgan fingerprint density at radius 3 is 2.36 bits per heavy atom. The van der Waals surface area contributed by atoms with Gasteiger partial charge in [-0.05, 0) is 54.7 Å². The second-order valence-corrected chi connectivity index (χ2v) is 7.83. The van der Waals surface area contributed by atoms with E-state index >= 15 is 0 Å². The molecule has 128 valence electrons. The molecule has 4 aliphatic carbocycles. The molecule has 3 amide bonds. The first-order valence-electron chi connectivity index (χ1n) is 8.94. The zero-order chi connectivity index (χ0) is 17.3. The van der Waals surface area contributed by atoms with Crippen molar-refractivity contribution >= 4 is 23.4 Å². The minimum absolute atomic E-state index is 0.154. The molecule has 1 heterocycles. The van der Waals surface area contributed by atoms with Crippen LogP contribution in [-0.4, -0.2) is 29.2 Å². The Hall–Kier alpha value is -2.43. The normalized spacial score (nSPS) is 37.1. The van der Waals surface area contributed by atoms with Gasteiger partial charge in [0, 0.05) is 5.69 Å². The van der Waals surface area contributed by atoms with Crippen molar-refractivity contribution in [2.75, 3.05) is 11.9 Å². The van der Waals surface area contributed by atoms with Gasteiger partial charge in [0.1, 0.15) is 6.54 Å². The summed E-state index contributed by atoms with van der Waals surface area (Å²) in [4.78, 5) is 39.2. The maximum atomic E-state index is 12.8. The maximum absolute atomic E-state index is 12.8. The fourth-order valence-corrected chi connectivity index (χ4v) is 5.24. The van der Waals surface area contributed by atoms with E-state index in [1.165, 1.54) is 4.90 Å². The van der Waals surface area contributed by atoms with Gasteiger partial charge >= 0.3 is 0 Å². The molecule has 0 unspecified atom stereocenters. The molecule has 0 aromatic heterocycles. The third kappa shape index (κ3) is 2.11. The number of aryl methyl sites for hydroxylation is 1. The first-order valence-corrected chi connectivity index (χ1v) is 8.94. The maximum Gasteiger partial charge on any atom is 0.244 e. The molecule has 6 atom stereocenters. The highest BCUT2D eigenvalue weighted by molar-refractivity contribution is 6.09. The molecule has 0 spiro atoms. The molecule has 0 radical (unpaired) electrons. The lowest BCUT2D eigenvalue weighted by molar-refractivity contribution is -0.142. The molecule has 2 bridgehead atoms. The number of amides is 3. The van der Waals surface area contributed by atoms with Gasteiger partial charge in [-0.3, -0.25) is 19.3 Å². The standard InChI is InChI=1S/C20H20N2O3/c1-10-3-2-4-11(7-10)21-16(23)9-22-19(24)17-12-5-6-13(15-8-14(12)15)18(17)20(22)25/h2-7,12-15,17-18H,8-9H2,1H3,(H,21,23)/t12-,13+,14-,15-,17+,18+/m1/s1. The first kappa shape index (κ1) is 14.9. The van der Waals surface area contributed by atoms with Crippen molar-refractivity contribution in [3.8, 4) is 0 Å². The highest BCUT2D eigenvalue weighted by Crippen LogP contribution is 2.65. The number of hydrogen-bond donors (Lipinski definition) is 1. The van der Waals surface area contributed by atoms with Crippen LogP contribution in [0.15, 0.2) is 36.4 Å². The van der Waals surface area contributed by atoms with E-state index in [1.54, 1.807) is 6.07 Å². The molecule has 1 aromatic carbocycles. The summed E-state index contributed by atoms with van der Waals surface area (Å²) in [6.07, 6.45) is 5.42. The minimum Gasteiger partial charge on any atom is -0.325 e. The van der Waals surface area contributed by atoms with Crippen LogP contribution in [0.5, 0.6) is 0 Å². The van der Waals surface area contributed by atoms with E-state index in [0.717, 1.165) is 12.0 Å². The lowest BCUT2D eigenvalue weighted by Gasteiger charge is -2.37. The molecule has 25 heavy (non-hydrogen) atoms. The Kier molecular flexibility index (Phi) is 3.00. The van der Waals surface area contributed by atoms with Gasteiger partial charge in [-0.25, -0.2) is 0 Å². The highest BCUT2D eigenvalue weighted by atomic mass is 16.2. The molecule has 3 fully saturated rings. The summed E-state index contributed by atoms with van der Waals surface area (Å²) in [6, 6.07) is 7.47. The number of allylic oxidation sites excluding steroid dienone is 2. The number of carbonyl (C=O) groups is 3. The Morgan fingerprint density at radius 2 is 1.76 bits per heavy atom. The van der Waals surface area contributed by atoms with E-state index in [0.29, 0.717) is 17.5 Å². The van der Waals surface area contributed by atoms with E-state index < -0.39 is 0 Å². The number of nitrogens with zero attached hydrogens (tertiary/aromatic N) is 1. The molecule has 5 heteroatoms. The van der Waals surface area contributed by atoms with Crippen LogP contribution in [0.2, 0.25) is 0 Å². The van der Waals surface area contributed by atoms with Crippen LogP contribution in [0.3, 0.4) is 0 Å². The number of hydrogen-bond acceptors (Lipinski definition) is 3. The van der Waals surface area contributed by atoms with Gasteiger partial charge in [0.05, 0.1) is 11.8 Å². The van der Waals surface area contributed by atoms with Crippen LogP contribution in [0.4, 0.5) is 5.69 Å². The van der Waals surface area contributed by atoms with E-state index in [4.69, 9.17) is 0 Å². The lowest BCUT2D eigenvalue weighted by atomic mass is 9.63. The molecule has 1 N–H and O–H groups in total. The van der Waals surface area contributed by atoms with Crippen LogP contribution in [0.1, 0.15) is 12.0 Å². The summed E-state index contributed by atoms with van der Waals surface area (Å²) in [7, 11) is 0. The van der Waals surface area contributed by atoms with Crippen molar-refractivity contribution in [1.29, 1.82) is 0 Å². The molecule has 5 aliphatic rings. The zero-order valence-corrected chi connectivity index (χ0v) is 14.0. The number of nitrogens with one attached hydrogen (secondary N) is 1. The van der Waals surface area contributed by atoms with Gasteiger partial charge in [-0.15, -0.1) is 0 Å². The summed E-state index contributed by atoms with van der Waals surface area (Å²) in [5.41, 5.74) is 1.73. The Balaban J connectivity index is 1.33. The number of imide groups is 1. The van der Waals surface area contributed by atoms with Crippen LogP contribution >= 0.6 is 0 Å². The Labute approximate surface area is 146 Å². The molecular weight excluding hydrogens is 316 g/mol. The van der Waals surface area contributed by atoms with Gasteiger partial charge in [0.2, 0.25) is 17.7 Å². The number of anilines is 1. The van der Waals surface area contributed by atoms with Crippen LogP contribution in [-0.2, 0) is 14.4 Å². The monoisotopic (exact) mass is 336 g/mol. The van der Waals surface area contributed by atoms with Gasteiger partial charge in [-0.2, -0.15) is 0 Å². The molecular formula is C20H20N2O3. The number of rotatable bonds is 3. The molecule has 6 rings (SSSR count). The predicted molar refractivity (Wildman–Crippen MR) is 91.2 cm³/mol. The molecule has 1 aromatic rings. The predicted octanol–water partition coefficient (Wildman–Crippen LogP) is 1.99. The first-order chi connectivity index (χ1) is 12.0.